The Morgan fingerprint density at radius 2 is 1.36 bits per heavy atom. The molecule has 0 fully saturated rings. The van der Waals surface area contributed by atoms with Crippen molar-refractivity contribution in [1.29, 1.82) is 0 Å². The van der Waals surface area contributed by atoms with Gasteiger partial charge in [-0.3, -0.25) is 0 Å². The molecule has 0 aliphatic carbocycles. The molecule has 4 rings (SSSR count). The molecule has 0 aliphatic heterocycles. The summed E-state index contributed by atoms with van der Waals surface area (Å²) in [5.41, 5.74) is 0.381. The van der Waals surface area contributed by atoms with Crippen molar-refractivity contribution in [3.05, 3.63) is 120 Å². The third kappa shape index (κ3) is 7.67. The molecule has 1 N–H and O–H groups in total. The first-order chi connectivity index (χ1) is 18.5. The van der Waals surface area contributed by atoms with Gasteiger partial charge in [0.25, 0.3) is 0 Å². The normalized spacial score (nSPS) is 12.6. The number of aliphatic hydroxyl groups excluding tert-OH is 1. The molecule has 0 aliphatic rings. The van der Waals surface area contributed by atoms with Gasteiger partial charge in [0, 0.05) is 18.3 Å². The predicted molar refractivity (Wildman–Crippen MR) is 134 cm³/mol. The molecule has 0 amide bonds. The first kappa shape index (κ1) is 27.8. The Bertz CT molecular complexity index is 1360. The zero-order valence-corrected chi connectivity index (χ0v) is 20.3. The summed E-state index contributed by atoms with van der Waals surface area (Å²) in [6, 6.07) is 24.6. The molecule has 204 valence electrons. The van der Waals surface area contributed by atoms with Gasteiger partial charge >= 0.3 is 12.5 Å². The number of hydrogen-bond acceptors (Lipinski definition) is 4. The number of ether oxygens (including phenoxy) is 2. The van der Waals surface area contributed by atoms with Crippen LogP contribution in [0.5, 0.6) is 17.2 Å². The van der Waals surface area contributed by atoms with Crippen molar-refractivity contribution in [2.45, 2.75) is 25.1 Å². The highest BCUT2D eigenvalue weighted by Crippen LogP contribution is 2.36. The minimum atomic E-state index is -4.85. The molecule has 1 unspecified atom stereocenters. The maximum absolute atomic E-state index is 13.4. The highest BCUT2D eigenvalue weighted by molar-refractivity contribution is 5.54. The van der Waals surface area contributed by atoms with Gasteiger partial charge in [0.15, 0.2) is 0 Å². The number of hydrogen-bond donors (Lipinski definition) is 1. The van der Waals surface area contributed by atoms with E-state index < -0.39 is 36.5 Å². The number of aliphatic hydroxyl groups is 1. The van der Waals surface area contributed by atoms with E-state index in [1.165, 1.54) is 24.3 Å². The van der Waals surface area contributed by atoms with E-state index in [4.69, 9.17) is 4.74 Å². The average molecular weight is 547 g/mol. The van der Waals surface area contributed by atoms with Crippen molar-refractivity contribution in [2.24, 2.45) is 0 Å². The van der Waals surface area contributed by atoms with Crippen LogP contribution in [0.25, 0.3) is 0 Å². The summed E-state index contributed by atoms with van der Waals surface area (Å²) >= 11 is 0. The standard InChI is InChI=1S/C29H23F6NO3/c30-28(31,32)22-7-4-6-21(16-22)27(19-37)36(18-20-12-14-25(15-13-20)39-29(33,34)35)23-8-5-11-26(17-23)38-24-9-2-1-3-10-24/h1-17,27,37H,18-19H2. The number of anilines is 1. The fraction of sp³-hybridized carbons (Fsp3) is 0.172. The maximum Gasteiger partial charge on any atom is 0.573 e. The molecule has 1 atom stereocenters. The minimum Gasteiger partial charge on any atom is -0.457 e. The topological polar surface area (TPSA) is 41.9 Å². The molecule has 0 heterocycles. The lowest BCUT2D eigenvalue weighted by atomic mass is 10.0. The van der Waals surface area contributed by atoms with Crippen LogP contribution < -0.4 is 14.4 Å². The molecule has 4 aromatic carbocycles. The zero-order chi connectivity index (χ0) is 28.0. The number of alkyl halides is 6. The van der Waals surface area contributed by atoms with E-state index in [0.29, 0.717) is 22.7 Å². The van der Waals surface area contributed by atoms with Crippen molar-refractivity contribution in [1.82, 2.24) is 0 Å². The van der Waals surface area contributed by atoms with Gasteiger partial charge in [-0.2, -0.15) is 13.2 Å². The number of nitrogens with zero attached hydrogens (tertiary/aromatic N) is 1. The number of benzene rings is 4. The van der Waals surface area contributed by atoms with Crippen LogP contribution in [0.3, 0.4) is 0 Å². The Hall–Kier alpha value is -4.18. The van der Waals surface area contributed by atoms with Crippen molar-refractivity contribution in [3.63, 3.8) is 0 Å². The smallest absolute Gasteiger partial charge is 0.457 e. The number of halogens is 6. The van der Waals surface area contributed by atoms with Crippen LogP contribution in [0, 0.1) is 0 Å². The van der Waals surface area contributed by atoms with E-state index in [1.54, 1.807) is 53.4 Å². The molecule has 39 heavy (non-hydrogen) atoms. The van der Waals surface area contributed by atoms with Gasteiger partial charge in [0.2, 0.25) is 0 Å². The molecule has 10 heteroatoms. The highest BCUT2D eigenvalue weighted by Gasteiger charge is 2.32. The van der Waals surface area contributed by atoms with Crippen molar-refractivity contribution in [3.8, 4) is 17.2 Å². The van der Waals surface area contributed by atoms with Crippen LogP contribution in [0.2, 0.25) is 0 Å². The van der Waals surface area contributed by atoms with Gasteiger partial charge < -0.3 is 19.5 Å². The van der Waals surface area contributed by atoms with Gasteiger partial charge in [0.05, 0.1) is 18.2 Å². The summed E-state index contributed by atoms with van der Waals surface area (Å²) in [7, 11) is 0. The summed E-state index contributed by atoms with van der Waals surface area (Å²) in [5, 5.41) is 10.4. The van der Waals surface area contributed by atoms with Crippen LogP contribution in [-0.2, 0) is 12.7 Å². The van der Waals surface area contributed by atoms with Gasteiger partial charge in [-0.1, -0.05) is 48.5 Å². The van der Waals surface area contributed by atoms with Crippen molar-refractivity contribution >= 4 is 5.69 Å². The summed E-state index contributed by atoms with van der Waals surface area (Å²) < 4.78 is 87.9. The quantitative estimate of drug-likeness (QED) is 0.215. The average Bonchev–Trinajstić information content (AvgIpc) is 2.89. The van der Waals surface area contributed by atoms with Gasteiger partial charge in [-0.25, -0.2) is 0 Å². The van der Waals surface area contributed by atoms with Gasteiger partial charge in [0.1, 0.15) is 17.2 Å². The van der Waals surface area contributed by atoms with Crippen LogP contribution in [0.1, 0.15) is 22.7 Å². The van der Waals surface area contributed by atoms with Gasteiger partial charge in [-0.15, -0.1) is 13.2 Å². The van der Waals surface area contributed by atoms with E-state index in [1.807, 2.05) is 6.07 Å². The maximum atomic E-state index is 13.4. The summed E-state index contributed by atoms with van der Waals surface area (Å²) in [6.45, 7) is -0.497. The molecular formula is C29H23F6NO3. The summed E-state index contributed by atoms with van der Waals surface area (Å²) in [4.78, 5) is 1.66. The lowest BCUT2D eigenvalue weighted by Gasteiger charge is -2.34. The predicted octanol–water partition coefficient (Wildman–Crippen LogP) is 8.14. The summed E-state index contributed by atoms with van der Waals surface area (Å²) in [6.07, 6.45) is -9.43. The van der Waals surface area contributed by atoms with E-state index in [9.17, 15) is 31.4 Å². The second-order valence-corrected chi connectivity index (χ2v) is 8.55. The largest absolute Gasteiger partial charge is 0.573 e. The van der Waals surface area contributed by atoms with Crippen molar-refractivity contribution < 1.29 is 40.9 Å². The molecule has 0 spiro atoms. The zero-order valence-electron chi connectivity index (χ0n) is 20.3. The summed E-state index contributed by atoms with van der Waals surface area (Å²) in [5.74, 6) is 0.601. The Morgan fingerprint density at radius 1 is 0.692 bits per heavy atom. The molecule has 0 aromatic heterocycles. The number of para-hydroxylation sites is 1. The Kier molecular flexibility index (Phi) is 8.35. The number of rotatable bonds is 9. The van der Waals surface area contributed by atoms with Crippen LogP contribution in [0.15, 0.2) is 103 Å². The molecule has 4 nitrogen and oxygen atoms in total. The Labute approximate surface area is 220 Å². The van der Waals surface area contributed by atoms with Crippen LogP contribution in [-0.4, -0.2) is 18.1 Å². The van der Waals surface area contributed by atoms with E-state index in [-0.39, 0.29) is 12.1 Å². The highest BCUT2D eigenvalue weighted by atomic mass is 19.4. The Morgan fingerprint density at radius 3 is 2.00 bits per heavy atom. The van der Waals surface area contributed by atoms with Crippen LogP contribution in [0.4, 0.5) is 32.0 Å². The fourth-order valence-corrected chi connectivity index (χ4v) is 4.03. The second-order valence-electron chi connectivity index (χ2n) is 8.55. The lowest BCUT2D eigenvalue weighted by Crippen LogP contribution is -2.31. The van der Waals surface area contributed by atoms with E-state index in [2.05, 4.69) is 4.74 Å². The second kappa shape index (κ2) is 11.7. The Balaban J connectivity index is 1.71. The minimum absolute atomic E-state index is 0.0442. The van der Waals surface area contributed by atoms with Crippen molar-refractivity contribution in [2.75, 3.05) is 11.5 Å². The molecule has 0 saturated carbocycles. The lowest BCUT2D eigenvalue weighted by molar-refractivity contribution is -0.274. The monoisotopic (exact) mass is 547 g/mol. The van der Waals surface area contributed by atoms with E-state index >= 15 is 0 Å². The first-order valence-electron chi connectivity index (χ1n) is 11.7. The molecule has 4 aromatic rings. The first-order valence-corrected chi connectivity index (χ1v) is 11.7. The van der Waals surface area contributed by atoms with Gasteiger partial charge in [-0.05, 0) is 59.7 Å². The molecule has 0 saturated heterocycles. The van der Waals surface area contributed by atoms with Crippen LogP contribution >= 0.6 is 0 Å². The van der Waals surface area contributed by atoms with E-state index in [0.717, 1.165) is 24.3 Å². The molecular weight excluding hydrogens is 524 g/mol. The third-order valence-corrected chi connectivity index (χ3v) is 5.79. The third-order valence-electron chi connectivity index (χ3n) is 5.79. The fourth-order valence-electron chi connectivity index (χ4n) is 4.03. The molecule has 0 bridgehead atoms. The molecule has 0 radical (unpaired) electrons. The SMILES string of the molecule is OCC(c1cccc(C(F)(F)F)c1)N(Cc1ccc(OC(F)(F)F)cc1)c1cccc(Oc2ccccc2)c1.